The minimum absolute atomic E-state index is 0.0511. The van der Waals surface area contributed by atoms with E-state index in [9.17, 15) is 31.9 Å². The second-order valence-electron chi connectivity index (χ2n) is 11.7. The van der Waals surface area contributed by atoms with Gasteiger partial charge in [-0.25, -0.2) is 13.5 Å². The van der Waals surface area contributed by atoms with Crippen LogP contribution in [0.2, 0.25) is 0 Å². The predicted octanol–water partition coefficient (Wildman–Crippen LogP) is 5.21. The summed E-state index contributed by atoms with van der Waals surface area (Å²) < 4.78 is 79.1. The highest BCUT2D eigenvalue weighted by atomic mass is 19.4. The van der Waals surface area contributed by atoms with E-state index in [0.29, 0.717) is 44.6 Å². The fourth-order valence-electron chi connectivity index (χ4n) is 6.14. The third-order valence-electron chi connectivity index (χ3n) is 8.58. The highest BCUT2D eigenvalue weighted by molar-refractivity contribution is 5.74. The van der Waals surface area contributed by atoms with Crippen LogP contribution in [0.5, 0.6) is 5.88 Å². The topological polar surface area (TPSA) is 131 Å². The fourth-order valence-corrected chi connectivity index (χ4v) is 6.14. The van der Waals surface area contributed by atoms with Gasteiger partial charge in [-0.15, -0.1) is 0 Å². The van der Waals surface area contributed by atoms with Gasteiger partial charge in [-0.3, -0.25) is 4.79 Å². The van der Waals surface area contributed by atoms with Crippen LogP contribution in [0.3, 0.4) is 0 Å². The van der Waals surface area contributed by atoms with Gasteiger partial charge in [-0.2, -0.15) is 28.2 Å². The number of halogens is 5. The fraction of sp³-hybridized carbons (Fsp3) is 0.355. The molecule has 2 aliphatic rings. The number of nitrogens with two attached hydrogens (primary N) is 1. The molecule has 0 amide bonds. The molecule has 4 N–H and O–H groups in total. The zero-order chi connectivity index (χ0) is 32.8. The molecule has 2 aliphatic heterocycles. The summed E-state index contributed by atoms with van der Waals surface area (Å²) in [6.07, 6.45) is -4.23. The van der Waals surface area contributed by atoms with Crippen molar-refractivity contribution in [1.82, 2.24) is 25.1 Å². The first-order valence-electron chi connectivity index (χ1n) is 14.5. The van der Waals surface area contributed by atoms with Crippen molar-refractivity contribution in [2.75, 3.05) is 30.3 Å². The van der Waals surface area contributed by atoms with Crippen LogP contribution in [0.15, 0.2) is 54.7 Å². The maximum Gasteiger partial charge on any atom is 0.429 e. The summed E-state index contributed by atoms with van der Waals surface area (Å²) in [4.78, 5) is 21.5. The van der Waals surface area contributed by atoms with Crippen LogP contribution in [0.1, 0.15) is 36.6 Å². The molecule has 4 aromatic rings. The molecule has 2 atom stereocenters. The molecule has 10 nitrogen and oxygen atoms in total. The summed E-state index contributed by atoms with van der Waals surface area (Å²) in [6, 6.07) is 9.45. The van der Waals surface area contributed by atoms with Gasteiger partial charge in [-0.05, 0) is 73.1 Å². The van der Waals surface area contributed by atoms with Crippen molar-refractivity contribution < 1.29 is 36.6 Å². The number of nitrogens with zero attached hydrogens (tertiary/aromatic N) is 5. The average molecular weight is 644 g/mol. The van der Waals surface area contributed by atoms with Gasteiger partial charge in [0, 0.05) is 37.5 Å². The molecule has 6 rings (SSSR count). The van der Waals surface area contributed by atoms with Gasteiger partial charge in [0.1, 0.15) is 11.9 Å². The largest absolute Gasteiger partial charge is 0.480 e. The summed E-state index contributed by atoms with van der Waals surface area (Å²) in [5, 5.41) is 16.7. The van der Waals surface area contributed by atoms with E-state index in [1.54, 1.807) is 13.0 Å². The molecule has 4 heterocycles. The van der Waals surface area contributed by atoms with E-state index in [4.69, 9.17) is 10.5 Å². The Morgan fingerprint density at radius 3 is 2.41 bits per heavy atom. The number of rotatable bonds is 7. The molecule has 46 heavy (non-hydrogen) atoms. The van der Waals surface area contributed by atoms with Gasteiger partial charge in [0.25, 0.3) is 0 Å². The van der Waals surface area contributed by atoms with Gasteiger partial charge in [0.2, 0.25) is 17.9 Å². The number of carbonyl (C=O) groups is 1. The van der Waals surface area contributed by atoms with E-state index < -0.39 is 41.8 Å². The van der Waals surface area contributed by atoms with Crippen LogP contribution in [0, 0.1) is 24.0 Å². The van der Waals surface area contributed by atoms with Crippen molar-refractivity contribution in [2.45, 2.75) is 44.5 Å². The zero-order valence-electron chi connectivity index (χ0n) is 24.6. The van der Waals surface area contributed by atoms with Crippen LogP contribution in [-0.2, 0) is 4.79 Å². The lowest BCUT2D eigenvalue weighted by Crippen LogP contribution is -2.41. The van der Waals surface area contributed by atoms with Crippen LogP contribution < -0.4 is 20.7 Å². The molecule has 2 aromatic carbocycles. The van der Waals surface area contributed by atoms with E-state index >= 15 is 0 Å². The second kappa shape index (κ2) is 11.9. The highest BCUT2D eigenvalue weighted by Crippen LogP contribution is 2.43. The first-order valence-corrected chi connectivity index (χ1v) is 14.5. The number of benzene rings is 2. The number of ether oxygens (including phenoxy) is 1. The lowest BCUT2D eigenvalue weighted by molar-refractivity contribution is -0.198. The van der Waals surface area contributed by atoms with Crippen molar-refractivity contribution in [1.29, 1.82) is 0 Å². The molecule has 242 valence electrons. The first kappa shape index (κ1) is 31.2. The third kappa shape index (κ3) is 6.32. The lowest BCUT2D eigenvalue weighted by Gasteiger charge is -2.39. The van der Waals surface area contributed by atoms with Gasteiger partial charge in [0.05, 0.1) is 11.4 Å². The van der Waals surface area contributed by atoms with E-state index in [-0.39, 0.29) is 39.6 Å². The normalized spacial score (nSPS) is 18.6. The van der Waals surface area contributed by atoms with Crippen LogP contribution in [0.25, 0.3) is 16.8 Å². The van der Waals surface area contributed by atoms with Gasteiger partial charge >= 0.3 is 12.1 Å². The Hall–Kier alpha value is -4.79. The number of anilines is 2. The van der Waals surface area contributed by atoms with Gasteiger partial charge < -0.3 is 25.8 Å². The molecule has 0 saturated carbocycles. The summed E-state index contributed by atoms with van der Waals surface area (Å²) >= 11 is 0. The summed E-state index contributed by atoms with van der Waals surface area (Å²) in [5.41, 5.74) is 6.36. The number of aryl methyl sites for hydroxylation is 1. The summed E-state index contributed by atoms with van der Waals surface area (Å²) in [5.74, 6) is -3.56. The van der Waals surface area contributed by atoms with E-state index in [0.717, 1.165) is 12.1 Å². The molecule has 1 spiro atoms. The number of aromatic nitrogens is 4. The number of aliphatic carboxylic acids is 1. The third-order valence-corrected chi connectivity index (χ3v) is 8.58. The molecule has 2 saturated heterocycles. The van der Waals surface area contributed by atoms with Crippen molar-refractivity contribution >= 4 is 17.7 Å². The lowest BCUT2D eigenvalue weighted by atomic mass is 9.76. The number of nitrogens with one attached hydrogen (secondary N) is 1. The maximum atomic E-state index is 14.9. The van der Waals surface area contributed by atoms with E-state index in [2.05, 4.69) is 20.4 Å². The molecular weight excluding hydrogens is 613 g/mol. The Morgan fingerprint density at radius 1 is 1.07 bits per heavy atom. The quantitative estimate of drug-likeness (QED) is 0.232. The molecule has 0 aliphatic carbocycles. The Morgan fingerprint density at radius 2 is 1.78 bits per heavy atom. The number of carboxylic acid groups (broad SMARTS) is 1. The molecule has 0 bridgehead atoms. The Balaban J connectivity index is 1.33. The van der Waals surface area contributed by atoms with Crippen molar-refractivity contribution in [3.8, 4) is 22.7 Å². The SMILES string of the molecule is Cc1ccn(-c2ccc(-c3ccc(F)c(F)c3)cc2[C@@H](Oc2cc(N3CCC4(CC3)CN[C@H](C(=O)O)C4)nc(N)n2)C(F)(F)F)n1. The average Bonchev–Trinajstić information content (AvgIpc) is 3.63. The van der Waals surface area contributed by atoms with Gasteiger partial charge in [0.15, 0.2) is 11.6 Å². The van der Waals surface area contributed by atoms with Crippen molar-refractivity contribution in [2.24, 2.45) is 5.41 Å². The number of alkyl halides is 3. The minimum Gasteiger partial charge on any atom is -0.480 e. The second-order valence-corrected chi connectivity index (χ2v) is 11.7. The highest BCUT2D eigenvalue weighted by Gasteiger charge is 2.46. The molecule has 2 aromatic heterocycles. The number of nitrogen functional groups attached to an aromatic ring is 1. The van der Waals surface area contributed by atoms with Gasteiger partial charge in [-0.1, -0.05) is 12.1 Å². The van der Waals surface area contributed by atoms with Crippen LogP contribution in [-0.4, -0.2) is 62.7 Å². The maximum absolute atomic E-state index is 14.9. The Kier molecular flexibility index (Phi) is 8.04. The molecule has 2 fully saturated rings. The molecule has 0 unspecified atom stereocenters. The number of hydrogen-bond donors (Lipinski definition) is 3. The Labute approximate surface area is 260 Å². The monoisotopic (exact) mass is 643 g/mol. The first-order chi connectivity index (χ1) is 21.8. The van der Waals surface area contributed by atoms with Crippen molar-refractivity contribution in [3.05, 3.63) is 77.6 Å². The Bertz CT molecular complexity index is 1770. The summed E-state index contributed by atoms with van der Waals surface area (Å²) in [6.45, 7) is 3.20. The smallest absolute Gasteiger partial charge is 0.429 e. The molecule has 15 heteroatoms. The number of carboxylic acids is 1. The van der Waals surface area contributed by atoms with Crippen LogP contribution >= 0.6 is 0 Å². The van der Waals surface area contributed by atoms with Crippen molar-refractivity contribution in [3.63, 3.8) is 0 Å². The molecular formula is C31H30F5N7O3. The predicted molar refractivity (Wildman–Crippen MR) is 157 cm³/mol. The minimum atomic E-state index is -4.96. The van der Waals surface area contributed by atoms with Crippen LogP contribution in [0.4, 0.5) is 33.7 Å². The molecule has 0 radical (unpaired) electrons. The zero-order valence-corrected chi connectivity index (χ0v) is 24.6. The standard InChI is InChI=1S/C31H30F5N7O3/c1-17-6-9-43(41-17)24-5-3-18(19-2-4-21(32)22(33)13-19)12-20(24)27(31(34,35)36)46-26-14-25(39-29(37)40-26)42-10-7-30(8-11-42)15-23(28(44)45)38-16-30/h2-6,9,12-14,23,27,38H,7-8,10-11,15-16H2,1H3,(H,44,45)(H2,37,39,40)/t23-,27+/m0/s1. The van der Waals surface area contributed by atoms with E-state index in [1.807, 2.05) is 4.90 Å². The van der Waals surface area contributed by atoms with E-state index in [1.165, 1.54) is 41.2 Å². The number of hydrogen-bond acceptors (Lipinski definition) is 8. The summed E-state index contributed by atoms with van der Waals surface area (Å²) in [7, 11) is 0. The number of piperidine rings is 1.